The Kier molecular flexibility index (Phi) is 8.85. The minimum atomic E-state index is -0.0705. The van der Waals surface area contributed by atoms with Crippen LogP contribution in [0.4, 0.5) is 0 Å². The van der Waals surface area contributed by atoms with Crippen molar-refractivity contribution in [2.45, 2.75) is 78.1 Å². The molecule has 2 heterocycles. The lowest BCUT2D eigenvalue weighted by atomic mass is 9.82. The number of unbranched alkanes of at least 4 members (excludes halogenated alkanes) is 4. The lowest BCUT2D eigenvalue weighted by Crippen LogP contribution is -2.28. The molecule has 0 saturated carbocycles. The van der Waals surface area contributed by atoms with Crippen LogP contribution in [-0.2, 0) is 17.6 Å². The number of H-pyrrole nitrogens is 2. The summed E-state index contributed by atoms with van der Waals surface area (Å²) in [6, 6.07) is 0. The van der Waals surface area contributed by atoms with E-state index >= 15 is 0 Å². The van der Waals surface area contributed by atoms with E-state index in [0.29, 0.717) is 24.5 Å². The number of aromatic amines is 2. The second-order valence-electron chi connectivity index (χ2n) is 6.89. The Bertz CT molecular complexity index is 546. The van der Waals surface area contributed by atoms with E-state index < -0.39 is 0 Å². The largest absolute Gasteiger partial charge is 0.299 e. The Balaban J connectivity index is 2.06. The molecule has 9 nitrogen and oxygen atoms in total. The molecule has 0 amide bonds. The number of hydrogen-bond donors (Lipinski definition) is 2. The third-order valence-corrected chi connectivity index (χ3v) is 4.77. The zero-order valence-corrected chi connectivity index (χ0v) is 15.8. The topological polar surface area (TPSA) is 126 Å². The van der Waals surface area contributed by atoms with Gasteiger partial charge in [-0.05, 0) is 33.7 Å². The van der Waals surface area contributed by atoms with Gasteiger partial charge in [-0.25, -0.2) is 10.2 Å². The molecule has 0 aliphatic heterocycles. The standard InChI is InChI=1S/C17H30N8O/c1-3-5-7-9-13(11-15-18-22-23-19-15)17(26)14(10-8-6-4-2)12-16-20-24-25-21-16/h13-14H,3-12H2,1-2H3,(H,18,19,22,23)(H,20,21,24,25). The van der Waals surface area contributed by atoms with Crippen molar-refractivity contribution in [3.8, 4) is 0 Å². The van der Waals surface area contributed by atoms with Gasteiger partial charge < -0.3 is 0 Å². The number of nitrogens with one attached hydrogen (secondary N) is 2. The summed E-state index contributed by atoms with van der Waals surface area (Å²) >= 11 is 0. The van der Waals surface area contributed by atoms with Crippen LogP contribution < -0.4 is 0 Å². The zero-order valence-electron chi connectivity index (χ0n) is 15.8. The van der Waals surface area contributed by atoms with Gasteiger partial charge in [-0.2, -0.15) is 0 Å². The number of tetrazole rings is 2. The number of aromatic nitrogens is 8. The molecule has 0 aliphatic carbocycles. The first-order valence-electron chi connectivity index (χ1n) is 9.73. The summed E-state index contributed by atoms with van der Waals surface area (Å²) in [5.74, 6) is 1.49. The lowest BCUT2D eigenvalue weighted by molar-refractivity contribution is -0.127. The maximum absolute atomic E-state index is 13.3. The molecule has 2 rings (SSSR count). The van der Waals surface area contributed by atoms with Gasteiger partial charge in [0, 0.05) is 24.7 Å². The SMILES string of the molecule is CCCCCC(Cc1nnn[nH]1)C(=O)C(CCCCC)Cc1nnn[nH]1. The highest BCUT2D eigenvalue weighted by atomic mass is 16.1. The highest BCUT2D eigenvalue weighted by molar-refractivity contribution is 5.83. The number of carbonyl (C=O) groups excluding carboxylic acids is 1. The number of nitrogens with zero attached hydrogens (tertiary/aromatic N) is 6. The summed E-state index contributed by atoms with van der Waals surface area (Å²) in [5, 5.41) is 28.0. The van der Waals surface area contributed by atoms with Crippen molar-refractivity contribution >= 4 is 5.78 Å². The highest BCUT2D eigenvalue weighted by Crippen LogP contribution is 2.24. The Morgan fingerprint density at radius 2 is 1.27 bits per heavy atom. The van der Waals surface area contributed by atoms with E-state index in [0.717, 1.165) is 51.4 Å². The van der Waals surface area contributed by atoms with Crippen LogP contribution in [0.5, 0.6) is 0 Å². The average Bonchev–Trinajstić information content (AvgIpc) is 3.33. The van der Waals surface area contributed by atoms with E-state index in [9.17, 15) is 4.79 Å². The number of Topliss-reactive ketones (excluding diaryl/α,β-unsaturated/α-hetero) is 1. The van der Waals surface area contributed by atoms with Crippen molar-refractivity contribution in [2.75, 3.05) is 0 Å². The molecular weight excluding hydrogens is 332 g/mol. The third kappa shape index (κ3) is 6.61. The molecular formula is C17H30N8O. The second-order valence-corrected chi connectivity index (χ2v) is 6.89. The van der Waals surface area contributed by atoms with Crippen LogP contribution >= 0.6 is 0 Å². The van der Waals surface area contributed by atoms with Gasteiger partial charge in [-0.1, -0.05) is 52.4 Å². The van der Waals surface area contributed by atoms with Gasteiger partial charge in [-0.3, -0.25) is 4.79 Å². The van der Waals surface area contributed by atoms with Crippen LogP contribution in [0.15, 0.2) is 0 Å². The van der Waals surface area contributed by atoms with E-state index in [2.05, 4.69) is 55.1 Å². The van der Waals surface area contributed by atoms with Gasteiger partial charge in [0.25, 0.3) is 0 Å². The molecule has 2 atom stereocenters. The van der Waals surface area contributed by atoms with Gasteiger partial charge >= 0.3 is 0 Å². The van der Waals surface area contributed by atoms with E-state index in [1.807, 2.05) is 0 Å². The molecule has 0 radical (unpaired) electrons. The molecule has 0 bridgehead atoms. The van der Waals surface area contributed by atoms with Gasteiger partial charge in [-0.15, -0.1) is 10.2 Å². The molecule has 2 unspecified atom stereocenters. The van der Waals surface area contributed by atoms with E-state index in [1.54, 1.807) is 0 Å². The maximum Gasteiger partial charge on any atom is 0.149 e. The Morgan fingerprint density at radius 3 is 1.62 bits per heavy atom. The maximum atomic E-state index is 13.3. The van der Waals surface area contributed by atoms with Gasteiger partial charge in [0.2, 0.25) is 0 Å². The molecule has 0 saturated heterocycles. The Labute approximate surface area is 154 Å². The predicted octanol–water partition coefficient (Wildman–Crippen LogP) is 2.46. The fourth-order valence-corrected chi connectivity index (χ4v) is 3.30. The lowest BCUT2D eigenvalue weighted by Gasteiger charge is -2.21. The summed E-state index contributed by atoms with van der Waals surface area (Å²) in [4.78, 5) is 13.3. The monoisotopic (exact) mass is 362 g/mol. The predicted molar refractivity (Wildman–Crippen MR) is 96.0 cm³/mol. The third-order valence-electron chi connectivity index (χ3n) is 4.77. The first-order chi connectivity index (χ1) is 12.7. The summed E-state index contributed by atoms with van der Waals surface area (Å²) in [6.07, 6.45) is 9.47. The second kappa shape index (κ2) is 11.4. The average molecular weight is 362 g/mol. The molecule has 0 fully saturated rings. The van der Waals surface area contributed by atoms with Crippen molar-refractivity contribution < 1.29 is 4.79 Å². The summed E-state index contributed by atoms with van der Waals surface area (Å²) < 4.78 is 0. The van der Waals surface area contributed by atoms with Crippen LogP contribution in [0.3, 0.4) is 0 Å². The van der Waals surface area contributed by atoms with Crippen molar-refractivity contribution in [2.24, 2.45) is 11.8 Å². The zero-order chi connectivity index (χ0) is 18.6. The molecule has 9 heteroatoms. The minimum absolute atomic E-state index is 0.0705. The van der Waals surface area contributed by atoms with Crippen LogP contribution in [0, 0.1) is 11.8 Å². The van der Waals surface area contributed by atoms with Crippen molar-refractivity contribution in [3.63, 3.8) is 0 Å². The van der Waals surface area contributed by atoms with Gasteiger partial charge in [0.05, 0.1) is 0 Å². The fourth-order valence-electron chi connectivity index (χ4n) is 3.30. The van der Waals surface area contributed by atoms with E-state index in [4.69, 9.17) is 0 Å². The first kappa shape index (κ1) is 20.1. The highest BCUT2D eigenvalue weighted by Gasteiger charge is 2.28. The molecule has 2 aromatic rings. The van der Waals surface area contributed by atoms with Gasteiger partial charge in [0.15, 0.2) is 0 Å². The van der Waals surface area contributed by atoms with E-state index in [1.165, 1.54) is 0 Å². The molecule has 26 heavy (non-hydrogen) atoms. The summed E-state index contributed by atoms with van der Waals surface area (Å²) in [6.45, 7) is 4.34. The minimum Gasteiger partial charge on any atom is -0.299 e. The summed E-state index contributed by atoms with van der Waals surface area (Å²) in [7, 11) is 0. The quantitative estimate of drug-likeness (QED) is 0.494. The van der Waals surface area contributed by atoms with Crippen LogP contribution in [0.25, 0.3) is 0 Å². The number of hydrogen-bond acceptors (Lipinski definition) is 7. The fraction of sp³-hybridized carbons (Fsp3) is 0.824. The molecule has 0 aliphatic rings. The molecule has 144 valence electrons. The van der Waals surface area contributed by atoms with Crippen molar-refractivity contribution in [3.05, 3.63) is 11.6 Å². The first-order valence-corrected chi connectivity index (χ1v) is 9.73. The molecule has 0 spiro atoms. The Hall–Kier alpha value is -2.19. The normalized spacial score (nSPS) is 13.6. The molecule has 0 aromatic carbocycles. The molecule has 2 N–H and O–H groups in total. The van der Waals surface area contributed by atoms with Gasteiger partial charge in [0.1, 0.15) is 17.4 Å². The van der Waals surface area contributed by atoms with Crippen molar-refractivity contribution in [1.29, 1.82) is 0 Å². The number of carbonyl (C=O) groups is 1. The molecule has 2 aromatic heterocycles. The smallest absolute Gasteiger partial charge is 0.149 e. The number of ketones is 1. The summed E-state index contributed by atoms with van der Waals surface area (Å²) in [5.41, 5.74) is 0. The van der Waals surface area contributed by atoms with Crippen molar-refractivity contribution in [1.82, 2.24) is 41.2 Å². The number of rotatable bonds is 14. The Morgan fingerprint density at radius 1 is 0.808 bits per heavy atom. The van der Waals surface area contributed by atoms with Crippen LogP contribution in [-0.4, -0.2) is 47.0 Å². The van der Waals surface area contributed by atoms with Crippen LogP contribution in [0.1, 0.15) is 76.9 Å². The van der Waals surface area contributed by atoms with Crippen LogP contribution in [0.2, 0.25) is 0 Å². The van der Waals surface area contributed by atoms with E-state index in [-0.39, 0.29) is 17.6 Å².